The highest BCUT2D eigenvalue weighted by Gasteiger charge is 2.16. The van der Waals surface area contributed by atoms with Crippen LogP contribution >= 0.6 is 23.2 Å². The van der Waals surface area contributed by atoms with E-state index in [4.69, 9.17) is 32.7 Å². The van der Waals surface area contributed by atoms with Gasteiger partial charge in [0.25, 0.3) is 0 Å². The molecule has 0 N–H and O–H groups in total. The Hall–Kier alpha value is -1.14. The van der Waals surface area contributed by atoms with Crippen molar-refractivity contribution in [2.24, 2.45) is 0 Å². The van der Waals surface area contributed by atoms with Crippen molar-refractivity contribution in [1.82, 2.24) is 15.0 Å². The van der Waals surface area contributed by atoms with Gasteiger partial charge in [-0.3, -0.25) is 0 Å². The van der Waals surface area contributed by atoms with Crippen LogP contribution in [-0.4, -0.2) is 28.2 Å². The SMILES string of the molecule is CCOC(OCC)c1cn(Cc2c(Cl)cccc2Cl)nn1. The molecule has 1 aromatic heterocycles. The lowest BCUT2D eigenvalue weighted by molar-refractivity contribution is -0.142. The largest absolute Gasteiger partial charge is 0.347 e. The maximum Gasteiger partial charge on any atom is 0.204 e. The first-order valence-electron chi connectivity index (χ1n) is 6.71. The Morgan fingerprint density at radius 1 is 1.14 bits per heavy atom. The topological polar surface area (TPSA) is 49.2 Å². The monoisotopic (exact) mass is 329 g/mol. The maximum absolute atomic E-state index is 6.15. The molecule has 2 rings (SSSR count). The average molecular weight is 330 g/mol. The number of benzene rings is 1. The molecule has 114 valence electrons. The van der Waals surface area contributed by atoms with Crippen LogP contribution in [0.5, 0.6) is 0 Å². The molecule has 0 atom stereocenters. The molecule has 1 heterocycles. The minimum Gasteiger partial charge on any atom is -0.347 e. The van der Waals surface area contributed by atoms with E-state index in [1.165, 1.54) is 0 Å². The Morgan fingerprint density at radius 2 is 1.76 bits per heavy atom. The highest BCUT2D eigenvalue weighted by molar-refractivity contribution is 6.35. The van der Waals surface area contributed by atoms with Gasteiger partial charge in [-0.15, -0.1) is 5.10 Å². The molecular weight excluding hydrogens is 313 g/mol. The summed E-state index contributed by atoms with van der Waals surface area (Å²) in [7, 11) is 0. The first-order chi connectivity index (χ1) is 10.2. The lowest BCUT2D eigenvalue weighted by Crippen LogP contribution is -2.09. The predicted octanol–water partition coefficient (Wildman–Crippen LogP) is 3.70. The normalized spacial score (nSPS) is 11.3. The number of aromatic nitrogens is 3. The molecular formula is C14H17Cl2N3O2. The summed E-state index contributed by atoms with van der Waals surface area (Å²) in [6, 6.07) is 5.40. The van der Waals surface area contributed by atoms with E-state index in [1.807, 2.05) is 13.8 Å². The molecule has 21 heavy (non-hydrogen) atoms. The Balaban J connectivity index is 2.16. The molecule has 5 nitrogen and oxygen atoms in total. The van der Waals surface area contributed by atoms with Crippen molar-refractivity contribution in [3.63, 3.8) is 0 Å². The van der Waals surface area contributed by atoms with Gasteiger partial charge in [0.05, 0.1) is 12.7 Å². The van der Waals surface area contributed by atoms with Crippen LogP contribution in [-0.2, 0) is 16.0 Å². The summed E-state index contributed by atoms with van der Waals surface area (Å²) in [5.74, 6) is 0. The molecule has 0 unspecified atom stereocenters. The van der Waals surface area contributed by atoms with E-state index in [9.17, 15) is 0 Å². The van der Waals surface area contributed by atoms with Gasteiger partial charge in [0, 0.05) is 28.8 Å². The summed E-state index contributed by atoms with van der Waals surface area (Å²) in [5.41, 5.74) is 1.43. The van der Waals surface area contributed by atoms with Gasteiger partial charge in [0.1, 0.15) is 5.69 Å². The molecule has 0 amide bonds. The molecule has 0 aliphatic heterocycles. The molecule has 0 bridgehead atoms. The van der Waals surface area contributed by atoms with Crippen LogP contribution in [0.2, 0.25) is 10.0 Å². The lowest BCUT2D eigenvalue weighted by Gasteiger charge is -2.13. The van der Waals surface area contributed by atoms with Gasteiger partial charge in [-0.25, -0.2) is 4.68 Å². The first-order valence-corrected chi connectivity index (χ1v) is 7.47. The molecule has 7 heteroatoms. The van der Waals surface area contributed by atoms with Crippen molar-refractivity contribution in [2.75, 3.05) is 13.2 Å². The van der Waals surface area contributed by atoms with Crippen molar-refractivity contribution in [3.05, 3.63) is 45.7 Å². The van der Waals surface area contributed by atoms with Gasteiger partial charge in [0.15, 0.2) is 0 Å². The van der Waals surface area contributed by atoms with Crippen LogP contribution in [0.3, 0.4) is 0 Å². The van der Waals surface area contributed by atoms with E-state index in [0.29, 0.717) is 35.5 Å². The fourth-order valence-corrected chi connectivity index (χ4v) is 2.38. The standard InChI is InChI=1S/C14H17Cl2N3O2/c1-3-20-14(21-4-2)13-9-19(18-17-13)8-10-11(15)6-5-7-12(10)16/h5-7,9,14H,3-4,8H2,1-2H3. The third-order valence-electron chi connectivity index (χ3n) is 2.82. The summed E-state index contributed by atoms with van der Waals surface area (Å²) in [6.45, 7) is 5.32. The van der Waals surface area contributed by atoms with Gasteiger partial charge in [-0.1, -0.05) is 34.5 Å². The third kappa shape index (κ3) is 4.17. The number of hydrogen-bond donors (Lipinski definition) is 0. The zero-order valence-electron chi connectivity index (χ0n) is 11.9. The van der Waals surface area contributed by atoms with E-state index in [0.717, 1.165) is 5.56 Å². The van der Waals surface area contributed by atoms with Crippen LogP contribution < -0.4 is 0 Å². The van der Waals surface area contributed by atoms with Crippen molar-refractivity contribution < 1.29 is 9.47 Å². The Labute approximate surface area is 133 Å². The highest BCUT2D eigenvalue weighted by Crippen LogP contribution is 2.25. The van der Waals surface area contributed by atoms with Gasteiger partial charge < -0.3 is 9.47 Å². The second-order valence-electron chi connectivity index (χ2n) is 4.28. The minimum atomic E-state index is -0.504. The molecule has 0 saturated heterocycles. The fraction of sp³-hybridized carbons (Fsp3) is 0.429. The predicted molar refractivity (Wildman–Crippen MR) is 81.6 cm³/mol. The van der Waals surface area contributed by atoms with Gasteiger partial charge >= 0.3 is 0 Å². The van der Waals surface area contributed by atoms with Gasteiger partial charge in [0.2, 0.25) is 6.29 Å². The number of nitrogens with zero attached hydrogens (tertiary/aromatic N) is 3. The number of hydrogen-bond acceptors (Lipinski definition) is 4. The number of ether oxygens (including phenoxy) is 2. The molecule has 0 fully saturated rings. The number of halogens is 2. The quantitative estimate of drug-likeness (QED) is 0.726. The van der Waals surface area contributed by atoms with Crippen LogP contribution in [0.25, 0.3) is 0 Å². The minimum absolute atomic E-state index is 0.441. The summed E-state index contributed by atoms with van der Waals surface area (Å²) in [4.78, 5) is 0. The molecule has 0 saturated carbocycles. The van der Waals surface area contributed by atoms with Crippen molar-refractivity contribution in [3.8, 4) is 0 Å². The zero-order chi connectivity index (χ0) is 15.2. The summed E-state index contributed by atoms with van der Waals surface area (Å²) >= 11 is 12.3. The Bertz CT molecular complexity index is 563. The van der Waals surface area contributed by atoms with E-state index >= 15 is 0 Å². The second-order valence-corrected chi connectivity index (χ2v) is 5.10. The van der Waals surface area contributed by atoms with Gasteiger partial charge in [-0.05, 0) is 26.0 Å². The fourth-order valence-electron chi connectivity index (χ4n) is 1.87. The Morgan fingerprint density at radius 3 is 2.33 bits per heavy atom. The first kappa shape index (κ1) is 16.2. The second kappa shape index (κ2) is 7.75. The summed E-state index contributed by atoms with van der Waals surface area (Å²) < 4.78 is 12.6. The van der Waals surface area contributed by atoms with Crippen molar-refractivity contribution in [1.29, 1.82) is 0 Å². The Kier molecular flexibility index (Phi) is 5.99. The lowest BCUT2D eigenvalue weighted by atomic mass is 10.2. The molecule has 0 radical (unpaired) electrons. The third-order valence-corrected chi connectivity index (χ3v) is 3.52. The summed E-state index contributed by atoms with van der Waals surface area (Å²) in [5, 5.41) is 9.36. The molecule has 1 aromatic carbocycles. The van der Waals surface area contributed by atoms with E-state index in [2.05, 4.69) is 10.3 Å². The molecule has 0 aliphatic carbocycles. The highest BCUT2D eigenvalue weighted by atomic mass is 35.5. The van der Waals surface area contributed by atoms with E-state index in [1.54, 1.807) is 29.1 Å². The van der Waals surface area contributed by atoms with Crippen molar-refractivity contribution in [2.45, 2.75) is 26.7 Å². The van der Waals surface area contributed by atoms with Gasteiger partial charge in [-0.2, -0.15) is 0 Å². The van der Waals surface area contributed by atoms with Crippen LogP contribution in [0.4, 0.5) is 0 Å². The van der Waals surface area contributed by atoms with E-state index < -0.39 is 6.29 Å². The van der Waals surface area contributed by atoms with Crippen LogP contribution in [0.1, 0.15) is 31.4 Å². The number of rotatable bonds is 7. The maximum atomic E-state index is 6.15. The average Bonchev–Trinajstić information content (AvgIpc) is 2.91. The molecule has 2 aromatic rings. The van der Waals surface area contributed by atoms with Crippen LogP contribution in [0.15, 0.2) is 24.4 Å². The van der Waals surface area contributed by atoms with Crippen molar-refractivity contribution >= 4 is 23.2 Å². The zero-order valence-corrected chi connectivity index (χ0v) is 13.4. The smallest absolute Gasteiger partial charge is 0.204 e. The van der Waals surface area contributed by atoms with Crippen LogP contribution in [0, 0.1) is 0 Å². The van der Waals surface area contributed by atoms with E-state index in [-0.39, 0.29) is 0 Å². The summed E-state index contributed by atoms with van der Waals surface area (Å²) in [6.07, 6.45) is 1.27. The molecule has 0 spiro atoms. The molecule has 0 aliphatic rings.